The minimum absolute atomic E-state index is 0.0925. The van der Waals surface area contributed by atoms with Crippen LogP contribution in [0, 0.1) is 0 Å². The number of allylic oxidation sites excluding steroid dienone is 1. The molecule has 0 saturated heterocycles. The van der Waals surface area contributed by atoms with E-state index in [0.29, 0.717) is 15.4 Å². The average Bonchev–Trinajstić information content (AvgIpc) is 2.87. The Balaban J connectivity index is 2.04. The summed E-state index contributed by atoms with van der Waals surface area (Å²) in [6.45, 7) is 3.91. The van der Waals surface area contributed by atoms with E-state index in [2.05, 4.69) is 0 Å². The number of hydrogen-bond donors (Lipinski definition) is 0. The van der Waals surface area contributed by atoms with Gasteiger partial charge >= 0.3 is 12.1 Å². The second-order valence-corrected chi connectivity index (χ2v) is 7.01. The number of ether oxygens (including phenoxy) is 1. The zero-order valence-corrected chi connectivity index (χ0v) is 15.1. The number of fused-ring (bicyclic) bond motifs is 1. The monoisotopic (exact) mass is 378 g/mol. The van der Waals surface area contributed by atoms with Crippen molar-refractivity contribution < 1.29 is 22.7 Å². The molecule has 0 bridgehead atoms. The maximum absolute atomic E-state index is 13.0. The van der Waals surface area contributed by atoms with Gasteiger partial charge in [0.25, 0.3) is 0 Å². The lowest BCUT2D eigenvalue weighted by molar-refractivity contribution is -0.138. The fraction of sp³-hybridized carbons (Fsp3) is 0.250. The maximum Gasteiger partial charge on any atom is 0.416 e. The molecule has 0 aliphatic heterocycles. The molecular formula is C20H17F3O2S. The largest absolute Gasteiger partial charge is 0.462 e. The lowest BCUT2D eigenvalue weighted by Crippen LogP contribution is -2.07. The fourth-order valence-corrected chi connectivity index (χ4v) is 4.19. The van der Waals surface area contributed by atoms with Gasteiger partial charge in [0.15, 0.2) is 0 Å². The van der Waals surface area contributed by atoms with Crippen molar-refractivity contribution in [2.24, 2.45) is 0 Å². The molecule has 0 spiro atoms. The number of esters is 1. The molecule has 6 heteroatoms. The van der Waals surface area contributed by atoms with Gasteiger partial charge in [-0.3, -0.25) is 0 Å². The molecule has 0 N–H and O–H groups in total. The van der Waals surface area contributed by atoms with E-state index in [0.717, 1.165) is 23.3 Å². The molecular weight excluding hydrogens is 361 g/mol. The van der Waals surface area contributed by atoms with Crippen molar-refractivity contribution in [3.8, 4) is 0 Å². The first kappa shape index (κ1) is 18.6. The van der Waals surface area contributed by atoms with E-state index in [9.17, 15) is 18.0 Å². The molecule has 2 aromatic carbocycles. The van der Waals surface area contributed by atoms with E-state index in [1.165, 1.54) is 17.8 Å². The predicted molar refractivity (Wildman–Crippen MR) is 95.7 cm³/mol. The van der Waals surface area contributed by atoms with Crippen LogP contribution in [0.2, 0.25) is 0 Å². The average molecular weight is 378 g/mol. The van der Waals surface area contributed by atoms with Gasteiger partial charge in [0.05, 0.1) is 17.7 Å². The van der Waals surface area contributed by atoms with Crippen LogP contribution in [-0.4, -0.2) is 12.6 Å². The first-order valence-corrected chi connectivity index (χ1v) is 9.00. The minimum Gasteiger partial charge on any atom is -0.462 e. The van der Waals surface area contributed by atoms with Crippen LogP contribution >= 0.6 is 11.8 Å². The Kier molecular flexibility index (Phi) is 5.14. The molecule has 2 aromatic rings. The zero-order chi connectivity index (χ0) is 18.9. The number of benzene rings is 2. The van der Waals surface area contributed by atoms with Crippen molar-refractivity contribution in [1.29, 1.82) is 0 Å². The van der Waals surface area contributed by atoms with Crippen LogP contribution in [0.3, 0.4) is 0 Å². The highest BCUT2D eigenvalue weighted by molar-refractivity contribution is 8.03. The van der Waals surface area contributed by atoms with Gasteiger partial charge in [-0.25, -0.2) is 4.79 Å². The van der Waals surface area contributed by atoms with Crippen LogP contribution < -0.4 is 0 Å². The SMILES string of the molecule is CCOC(=O)C1=C(Sc2cccc(C(F)(F)F)c2)C(C)c2ccccc21. The highest BCUT2D eigenvalue weighted by atomic mass is 32.2. The molecule has 0 radical (unpaired) electrons. The Morgan fingerprint density at radius 2 is 1.88 bits per heavy atom. The molecule has 2 nitrogen and oxygen atoms in total. The third-order valence-electron chi connectivity index (χ3n) is 4.21. The lowest BCUT2D eigenvalue weighted by Gasteiger charge is -2.13. The van der Waals surface area contributed by atoms with Crippen molar-refractivity contribution in [2.45, 2.75) is 30.8 Å². The van der Waals surface area contributed by atoms with Crippen molar-refractivity contribution in [3.63, 3.8) is 0 Å². The Bertz CT molecular complexity index is 871. The molecule has 0 saturated carbocycles. The quantitative estimate of drug-likeness (QED) is 0.621. The maximum atomic E-state index is 13.0. The topological polar surface area (TPSA) is 26.3 Å². The first-order valence-electron chi connectivity index (χ1n) is 8.18. The van der Waals surface area contributed by atoms with Crippen molar-refractivity contribution in [3.05, 3.63) is 70.1 Å². The normalized spacial score (nSPS) is 16.6. The second kappa shape index (κ2) is 7.19. The molecule has 0 amide bonds. The summed E-state index contributed by atoms with van der Waals surface area (Å²) in [5.74, 6) is -0.538. The third-order valence-corrected chi connectivity index (χ3v) is 5.47. The number of hydrogen-bond acceptors (Lipinski definition) is 3. The molecule has 1 aliphatic carbocycles. The van der Waals surface area contributed by atoms with Crippen LogP contribution in [-0.2, 0) is 15.7 Å². The summed E-state index contributed by atoms with van der Waals surface area (Å²) in [7, 11) is 0. The molecule has 1 atom stereocenters. The molecule has 136 valence electrons. The van der Waals surface area contributed by atoms with Crippen LogP contribution in [0.5, 0.6) is 0 Å². The number of rotatable bonds is 4. The van der Waals surface area contributed by atoms with Crippen molar-refractivity contribution in [1.82, 2.24) is 0 Å². The van der Waals surface area contributed by atoms with E-state index >= 15 is 0 Å². The Hall–Kier alpha value is -2.21. The summed E-state index contributed by atoms with van der Waals surface area (Å²) in [6, 6.07) is 12.6. The molecule has 0 fully saturated rings. The third kappa shape index (κ3) is 3.51. The van der Waals surface area contributed by atoms with Gasteiger partial charge in [-0.1, -0.05) is 49.0 Å². The molecule has 1 aliphatic rings. The summed E-state index contributed by atoms with van der Waals surface area (Å²) in [4.78, 5) is 13.7. The summed E-state index contributed by atoms with van der Waals surface area (Å²) in [6.07, 6.45) is -4.40. The summed E-state index contributed by atoms with van der Waals surface area (Å²) in [5, 5.41) is 0. The van der Waals surface area contributed by atoms with Gasteiger partial charge in [0.1, 0.15) is 0 Å². The van der Waals surface area contributed by atoms with Gasteiger partial charge in [-0.2, -0.15) is 13.2 Å². The number of carbonyl (C=O) groups is 1. The number of halogens is 3. The van der Waals surface area contributed by atoms with E-state index < -0.39 is 17.7 Å². The van der Waals surface area contributed by atoms with Gasteiger partial charge < -0.3 is 4.74 Å². The molecule has 1 unspecified atom stereocenters. The second-order valence-electron chi connectivity index (χ2n) is 5.90. The smallest absolute Gasteiger partial charge is 0.416 e. The van der Waals surface area contributed by atoms with Crippen LogP contribution in [0.15, 0.2) is 58.3 Å². The van der Waals surface area contributed by atoms with E-state index in [1.54, 1.807) is 13.0 Å². The Labute approximate surface area is 154 Å². The molecule has 0 aromatic heterocycles. The van der Waals surface area contributed by atoms with E-state index in [-0.39, 0.29) is 12.5 Å². The van der Waals surface area contributed by atoms with Crippen molar-refractivity contribution in [2.75, 3.05) is 6.61 Å². The van der Waals surface area contributed by atoms with Gasteiger partial charge in [0, 0.05) is 15.7 Å². The summed E-state index contributed by atoms with van der Waals surface area (Å²) < 4.78 is 44.1. The first-order chi connectivity index (χ1) is 12.3. The van der Waals surface area contributed by atoms with Crippen LogP contribution in [0.4, 0.5) is 13.2 Å². The number of alkyl halides is 3. The number of thioether (sulfide) groups is 1. The Morgan fingerprint density at radius 3 is 2.58 bits per heavy atom. The molecule has 3 rings (SSSR count). The van der Waals surface area contributed by atoms with Gasteiger partial charge in [0.2, 0.25) is 0 Å². The lowest BCUT2D eigenvalue weighted by atomic mass is 10.0. The summed E-state index contributed by atoms with van der Waals surface area (Å²) >= 11 is 1.19. The number of carbonyl (C=O) groups excluding carboxylic acids is 1. The van der Waals surface area contributed by atoms with Gasteiger partial charge in [-0.15, -0.1) is 0 Å². The van der Waals surface area contributed by atoms with Crippen molar-refractivity contribution >= 4 is 23.3 Å². The fourth-order valence-electron chi connectivity index (χ4n) is 3.01. The van der Waals surface area contributed by atoms with E-state index in [1.807, 2.05) is 31.2 Å². The zero-order valence-electron chi connectivity index (χ0n) is 14.3. The standard InChI is InChI=1S/C20H17F3O2S/c1-3-25-19(24)17-16-10-5-4-9-15(16)12(2)18(17)26-14-8-6-7-13(11-14)20(21,22)23/h4-12H,3H2,1-2H3. The van der Waals surface area contributed by atoms with Crippen LogP contribution in [0.1, 0.15) is 36.5 Å². The summed E-state index contributed by atoms with van der Waals surface area (Å²) in [5.41, 5.74) is 1.50. The minimum atomic E-state index is -4.40. The molecule has 0 heterocycles. The highest BCUT2D eigenvalue weighted by Gasteiger charge is 2.34. The van der Waals surface area contributed by atoms with Crippen LogP contribution in [0.25, 0.3) is 5.57 Å². The van der Waals surface area contributed by atoms with E-state index in [4.69, 9.17) is 4.74 Å². The highest BCUT2D eigenvalue weighted by Crippen LogP contribution is 2.49. The Morgan fingerprint density at radius 1 is 1.15 bits per heavy atom. The predicted octanol–water partition coefficient (Wildman–Crippen LogP) is 5.89. The van der Waals surface area contributed by atoms with Gasteiger partial charge in [-0.05, 0) is 36.2 Å². The molecule has 26 heavy (non-hydrogen) atoms.